The van der Waals surface area contributed by atoms with E-state index in [9.17, 15) is 4.79 Å². The first-order chi connectivity index (χ1) is 8.34. The van der Waals surface area contributed by atoms with Crippen LogP contribution >= 0.6 is 11.7 Å². The summed E-state index contributed by atoms with van der Waals surface area (Å²) < 4.78 is 18.5. The lowest BCUT2D eigenvalue weighted by atomic mass is 10.1. The molecule has 0 radical (unpaired) electrons. The van der Waals surface area contributed by atoms with Gasteiger partial charge in [0.25, 0.3) is 0 Å². The van der Waals surface area contributed by atoms with Crippen molar-refractivity contribution in [2.75, 3.05) is 13.2 Å². The summed E-state index contributed by atoms with van der Waals surface area (Å²) in [5.41, 5.74) is 0.883. The third kappa shape index (κ3) is 1.87. The third-order valence-electron chi connectivity index (χ3n) is 2.40. The van der Waals surface area contributed by atoms with E-state index in [-0.39, 0.29) is 5.78 Å². The van der Waals surface area contributed by atoms with Gasteiger partial charge in [-0.1, -0.05) is 0 Å². The SMILES string of the molecule is O=C(c1ccc2c(c1)OCCO2)c1cnsn1. The molecule has 0 unspecified atom stereocenters. The van der Waals surface area contributed by atoms with Crippen molar-refractivity contribution in [3.63, 3.8) is 0 Å². The maximum Gasteiger partial charge on any atom is 0.214 e. The van der Waals surface area contributed by atoms with Gasteiger partial charge >= 0.3 is 0 Å². The van der Waals surface area contributed by atoms with Gasteiger partial charge in [0.05, 0.1) is 17.9 Å². The van der Waals surface area contributed by atoms with Crippen LogP contribution < -0.4 is 9.47 Å². The Morgan fingerprint density at radius 1 is 1.24 bits per heavy atom. The predicted molar refractivity (Wildman–Crippen MR) is 60.8 cm³/mol. The maximum atomic E-state index is 12.0. The van der Waals surface area contributed by atoms with Gasteiger partial charge in [-0.3, -0.25) is 4.79 Å². The number of ether oxygens (including phenoxy) is 2. The van der Waals surface area contributed by atoms with Gasteiger partial charge < -0.3 is 9.47 Å². The van der Waals surface area contributed by atoms with E-state index in [2.05, 4.69) is 8.75 Å². The van der Waals surface area contributed by atoms with Crippen molar-refractivity contribution in [3.8, 4) is 11.5 Å². The molecule has 2 heterocycles. The highest BCUT2D eigenvalue weighted by molar-refractivity contribution is 6.99. The largest absolute Gasteiger partial charge is 0.486 e. The Bertz CT molecular complexity index is 554. The topological polar surface area (TPSA) is 61.3 Å². The van der Waals surface area contributed by atoms with E-state index in [0.717, 1.165) is 11.7 Å². The van der Waals surface area contributed by atoms with Gasteiger partial charge in [0.15, 0.2) is 11.5 Å². The van der Waals surface area contributed by atoms with E-state index in [1.165, 1.54) is 6.20 Å². The minimum atomic E-state index is -0.157. The summed E-state index contributed by atoms with van der Waals surface area (Å²) in [4.78, 5) is 12.0. The molecule has 17 heavy (non-hydrogen) atoms. The number of aromatic nitrogens is 2. The lowest BCUT2D eigenvalue weighted by Gasteiger charge is -2.18. The maximum absolute atomic E-state index is 12.0. The first-order valence-corrected chi connectivity index (χ1v) is 5.79. The van der Waals surface area contributed by atoms with Crippen LogP contribution in [0.3, 0.4) is 0 Å². The number of fused-ring (bicyclic) bond motifs is 1. The highest BCUT2D eigenvalue weighted by Gasteiger charge is 2.17. The molecule has 0 saturated heterocycles. The summed E-state index contributed by atoms with van der Waals surface area (Å²) in [7, 11) is 0. The molecule has 0 N–H and O–H groups in total. The number of hydrogen-bond donors (Lipinski definition) is 0. The van der Waals surface area contributed by atoms with E-state index >= 15 is 0 Å². The van der Waals surface area contributed by atoms with Gasteiger partial charge in [0.1, 0.15) is 18.9 Å². The van der Waals surface area contributed by atoms with Gasteiger partial charge in [-0.2, -0.15) is 8.75 Å². The molecule has 5 nitrogen and oxygen atoms in total. The van der Waals surface area contributed by atoms with Crippen molar-refractivity contribution >= 4 is 17.5 Å². The number of benzene rings is 1. The Balaban J connectivity index is 1.96. The molecular weight excluding hydrogens is 240 g/mol. The van der Waals surface area contributed by atoms with Crippen LogP contribution in [0.25, 0.3) is 0 Å². The summed E-state index contributed by atoms with van der Waals surface area (Å²) in [6.45, 7) is 1.04. The number of hydrogen-bond acceptors (Lipinski definition) is 6. The summed E-state index contributed by atoms with van der Waals surface area (Å²) >= 11 is 1.01. The molecule has 1 aromatic carbocycles. The standard InChI is InChI=1S/C11H8N2O3S/c14-11(8-6-12-17-13-8)7-1-2-9-10(5-7)16-4-3-15-9/h1-2,5-6H,3-4H2. The second-order valence-corrected chi connectivity index (χ2v) is 4.04. The molecule has 1 aromatic heterocycles. The highest BCUT2D eigenvalue weighted by atomic mass is 32.1. The molecule has 0 saturated carbocycles. The van der Waals surface area contributed by atoms with Crippen LogP contribution in [0, 0.1) is 0 Å². The zero-order valence-corrected chi connectivity index (χ0v) is 9.57. The van der Waals surface area contributed by atoms with Gasteiger partial charge in [0.2, 0.25) is 5.78 Å². The lowest BCUT2D eigenvalue weighted by Crippen LogP contribution is -2.15. The molecule has 2 aromatic rings. The molecule has 1 aliphatic rings. The molecule has 1 aliphatic heterocycles. The molecule has 6 heteroatoms. The van der Waals surface area contributed by atoms with Gasteiger partial charge in [-0.15, -0.1) is 0 Å². The second-order valence-electron chi connectivity index (χ2n) is 3.48. The smallest absolute Gasteiger partial charge is 0.214 e. The number of ketones is 1. The molecule has 0 spiro atoms. The molecule has 3 rings (SSSR count). The van der Waals surface area contributed by atoms with Crippen molar-refractivity contribution in [1.29, 1.82) is 0 Å². The number of rotatable bonds is 2. The summed E-state index contributed by atoms with van der Waals surface area (Å²) in [5.74, 6) is 1.12. The minimum Gasteiger partial charge on any atom is -0.486 e. The number of carbonyl (C=O) groups is 1. The first kappa shape index (κ1) is 10.2. The van der Waals surface area contributed by atoms with Crippen LogP contribution in [-0.4, -0.2) is 27.7 Å². The average Bonchev–Trinajstić information content (AvgIpc) is 2.91. The Labute approximate surface area is 101 Å². The minimum absolute atomic E-state index is 0.157. The zero-order chi connectivity index (χ0) is 11.7. The Kier molecular flexibility index (Phi) is 2.49. The molecule has 0 atom stereocenters. The van der Waals surface area contributed by atoms with Crippen molar-refractivity contribution in [3.05, 3.63) is 35.7 Å². The van der Waals surface area contributed by atoms with E-state index in [0.29, 0.717) is 36.0 Å². The van der Waals surface area contributed by atoms with Gasteiger partial charge in [0, 0.05) is 5.56 Å². The van der Waals surface area contributed by atoms with Gasteiger partial charge in [-0.25, -0.2) is 0 Å². The average molecular weight is 248 g/mol. The van der Waals surface area contributed by atoms with Crippen LogP contribution in [0.15, 0.2) is 24.4 Å². The summed E-state index contributed by atoms with van der Waals surface area (Å²) in [6, 6.07) is 5.12. The fraction of sp³-hybridized carbons (Fsp3) is 0.182. The van der Waals surface area contributed by atoms with E-state index in [1.54, 1.807) is 18.2 Å². The summed E-state index contributed by atoms with van der Waals surface area (Å²) in [5, 5.41) is 0. The van der Waals surface area contributed by atoms with E-state index in [1.807, 2.05) is 0 Å². The number of nitrogens with zero attached hydrogens (tertiary/aromatic N) is 2. The summed E-state index contributed by atoms with van der Waals surface area (Å²) in [6.07, 6.45) is 1.46. The van der Waals surface area contributed by atoms with E-state index in [4.69, 9.17) is 9.47 Å². The molecule has 0 bridgehead atoms. The quantitative estimate of drug-likeness (QED) is 0.754. The van der Waals surface area contributed by atoms with Crippen LogP contribution in [-0.2, 0) is 0 Å². The third-order valence-corrected chi connectivity index (χ3v) is 2.88. The monoisotopic (exact) mass is 248 g/mol. The van der Waals surface area contributed by atoms with Crippen molar-refractivity contribution < 1.29 is 14.3 Å². The second kappa shape index (κ2) is 4.14. The van der Waals surface area contributed by atoms with Crippen molar-refractivity contribution in [2.24, 2.45) is 0 Å². The van der Waals surface area contributed by atoms with Crippen LogP contribution in [0.1, 0.15) is 16.1 Å². The Morgan fingerprint density at radius 2 is 2.06 bits per heavy atom. The molecule has 0 amide bonds. The van der Waals surface area contributed by atoms with Crippen LogP contribution in [0.2, 0.25) is 0 Å². The first-order valence-electron chi connectivity index (χ1n) is 5.06. The normalized spacial score (nSPS) is 13.4. The zero-order valence-electron chi connectivity index (χ0n) is 8.75. The fourth-order valence-electron chi connectivity index (χ4n) is 1.60. The van der Waals surface area contributed by atoms with Crippen LogP contribution in [0.4, 0.5) is 0 Å². The van der Waals surface area contributed by atoms with Crippen molar-refractivity contribution in [1.82, 2.24) is 8.75 Å². The Hall–Kier alpha value is -1.95. The van der Waals surface area contributed by atoms with Crippen molar-refractivity contribution in [2.45, 2.75) is 0 Å². The van der Waals surface area contributed by atoms with E-state index < -0.39 is 0 Å². The molecule has 0 aliphatic carbocycles. The highest BCUT2D eigenvalue weighted by Crippen LogP contribution is 2.31. The Morgan fingerprint density at radius 3 is 2.82 bits per heavy atom. The fourth-order valence-corrected chi connectivity index (χ4v) is 2.01. The number of carbonyl (C=O) groups excluding carboxylic acids is 1. The molecule has 86 valence electrons. The van der Waals surface area contributed by atoms with Crippen LogP contribution in [0.5, 0.6) is 11.5 Å². The predicted octanol–water partition coefficient (Wildman–Crippen LogP) is 1.54. The van der Waals surface area contributed by atoms with Gasteiger partial charge in [-0.05, 0) is 18.2 Å². The molecular formula is C11H8N2O3S. The lowest BCUT2D eigenvalue weighted by molar-refractivity contribution is 0.103. The molecule has 0 fully saturated rings.